The first-order chi connectivity index (χ1) is 9.20. The lowest BCUT2D eigenvalue weighted by atomic mass is 9.85. The van der Waals surface area contributed by atoms with Crippen LogP contribution >= 0.6 is 0 Å². The van der Waals surface area contributed by atoms with Crippen molar-refractivity contribution < 1.29 is 4.79 Å². The molecule has 4 nitrogen and oxygen atoms in total. The average molecular weight is 261 g/mol. The van der Waals surface area contributed by atoms with Gasteiger partial charge in [0, 0.05) is 37.4 Å². The molecule has 0 bridgehead atoms. The highest BCUT2D eigenvalue weighted by molar-refractivity contribution is 5.79. The lowest BCUT2D eigenvalue weighted by Crippen LogP contribution is -2.40. The van der Waals surface area contributed by atoms with Crippen molar-refractivity contribution in [3.05, 3.63) is 30.1 Å². The Balaban J connectivity index is 1.98. The predicted molar refractivity (Wildman–Crippen MR) is 75.3 cm³/mol. The zero-order chi connectivity index (χ0) is 13.7. The molecule has 1 aromatic heterocycles. The van der Waals surface area contributed by atoms with Crippen LogP contribution in [-0.2, 0) is 11.3 Å². The summed E-state index contributed by atoms with van der Waals surface area (Å²) in [5.74, 6) is 0.375. The molecule has 0 radical (unpaired) electrons. The highest BCUT2D eigenvalue weighted by Crippen LogP contribution is 2.25. The molecule has 1 aliphatic rings. The maximum absolute atomic E-state index is 12.5. The standard InChI is InChI=1S/C15H23N3O/c1-2-18(11-12-6-8-17-9-7-12)15(19)13-4-3-5-14(16)10-13/h6-9,13-14H,2-5,10-11,16H2,1H3. The van der Waals surface area contributed by atoms with Gasteiger partial charge in [-0.05, 0) is 43.9 Å². The molecule has 2 N–H and O–H groups in total. The second-order valence-corrected chi connectivity index (χ2v) is 5.33. The Hall–Kier alpha value is -1.42. The number of pyridine rings is 1. The third-order valence-electron chi connectivity index (χ3n) is 3.88. The van der Waals surface area contributed by atoms with Gasteiger partial charge in [0.25, 0.3) is 0 Å². The van der Waals surface area contributed by atoms with E-state index in [2.05, 4.69) is 4.98 Å². The third kappa shape index (κ3) is 3.77. The summed E-state index contributed by atoms with van der Waals surface area (Å²) in [6.07, 6.45) is 7.49. The number of rotatable bonds is 4. The molecule has 1 saturated carbocycles. The molecule has 1 aromatic rings. The lowest BCUT2D eigenvalue weighted by molar-refractivity contribution is -0.137. The van der Waals surface area contributed by atoms with Crippen molar-refractivity contribution in [2.75, 3.05) is 6.54 Å². The zero-order valence-corrected chi connectivity index (χ0v) is 11.6. The van der Waals surface area contributed by atoms with Crippen LogP contribution in [0.3, 0.4) is 0 Å². The number of nitrogens with zero attached hydrogens (tertiary/aromatic N) is 2. The number of carbonyl (C=O) groups excluding carboxylic acids is 1. The van der Waals surface area contributed by atoms with Crippen LogP contribution in [-0.4, -0.2) is 28.4 Å². The second kappa shape index (κ2) is 6.66. The Bertz CT molecular complexity index is 407. The first-order valence-electron chi connectivity index (χ1n) is 7.14. The molecule has 2 rings (SSSR count). The van der Waals surface area contributed by atoms with Gasteiger partial charge >= 0.3 is 0 Å². The summed E-state index contributed by atoms with van der Waals surface area (Å²) >= 11 is 0. The number of hydrogen-bond acceptors (Lipinski definition) is 3. The molecule has 2 unspecified atom stereocenters. The summed E-state index contributed by atoms with van der Waals surface area (Å²) in [5, 5.41) is 0. The van der Waals surface area contributed by atoms with Gasteiger partial charge in [0.05, 0.1) is 0 Å². The molecule has 0 aromatic carbocycles. The first-order valence-corrected chi connectivity index (χ1v) is 7.14. The van der Waals surface area contributed by atoms with Crippen molar-refractivity contribution in [3.63, 3.8) is 0 Å². The molecule has 2 atom stereocenters. The maximum atomic E-state index is 12.5. The number of carbonyl (C=O) groups is 1. The van der Waals surface area contributed by atoms with Gasteiger partial charge in [0.1, 0.15) is 0 Å². The minimum absolute atomic E-state index is 0.116. The summed E-state index contributed by atoms with van der Waals surface area (Å²) < 4.78 is 0. The van der Waals surface area contributed by atoms with E-state index in [4.69, 9.17) is 5.73 Å². The van der Waals surface area contributed by atoms with Crippen LogP contribution in [0.25, 0.3) is 0 Å². The largest absolute Gasteiger partial charge is 0.338 e. The van der Waals surface area contributed by atoms with Crippen molar-refractivity contribution in [1.29, 1.82) is 0 Å². The number of aromatic nitrogens is 1. The predicted octanol–water partition coefficient (Wildman–Crippen LogP) is 1.95. The van der Waals surface area contributed by atoms with E-state index in [1.165, 1.54) is 0 Å². The molecule has 19 heavy (non-hydrogen) atoms. The first kappa shape index (κ1) is 14.0. The smallest absolute Gasteiger partial charge is 0.226 e. The Morgan fingerprint density at radius 2 is 2.16 bits per heavy atom. The van der Waals surface area contributed by atoms with Crippen LogP contribution in [0, 0.1) is 5.92 Å². The molecule has 4 heteroatoms. The summed E-state index contributed by atoms with van der Waals surface area (Å²) in [4.78, 5) is 18.5. The Morgan fingerprint density at radius 3 is 2.79 bits per heavy atom. The number of amides is 1. The molecule has 1 fully saturated rings. The maximum Gasteiger partial charge on any atom is 0.226 e. The fraction of sp³-hybridized carbons (Fsp3) is 0.600. The van der Waals surface area contributed by atoms with Gasteiger partial charge in [-0.1, -0.05) is 6.42 Å². The van der Waals surface area contributed by atoms with E-state index in [1.807, 2.05) is 24.0 Å². The average Bonchev–Trinajstić information content (AvgIpc) is 2.45. The minimum Gasteiger partial charge on any atom is -0.338 e. The van der Waals surface area contributed by atoms with Crippen molar-refractivity contribution in [3.8, 4) is 0 Å². The van der Waals surface area contributed by atoms with E-state index in [0.717, 1.165) is 37.8 Å². The zero-order valence-electron chi connectivity index (χ0n) is 11.6. The fourth-order valence-electron chi connectivity index (χ4n) is 2.76. The van der Waals surface area contributed by atoms with E-state index in [-0.39, 0.29) is 17.9 Å². The molecular weight excluding hydrogens is 238 g/mol. The highest BCUT2D eigenvalue weighted by Gasteiger charge is 2.28. The van der Waals surface area contributed by atoms with Gasteiger partial charge in [0.15, 0.2) is 0 Å². The molecule has 0 spiro atoms. The van der Waals surface area contributed by atoms with Crippen LogP contribution < -0.4 is 5.73 Å². The lowest BCUT2D eigenvalue weighted by Gasteiger charge is -2.31. The van der Waals surface area contributed by atoms with Crippen LogP contribution in [0.15, 0.2) is 24.5 Å². The monoisotopic (exact) mass is 261 g/mol. The van der Waals surface area contributed by atoms with E-state index in [9.17, 15) is 4.79 Å². The Kier molecular flexibility index (Phi) is 4.91. The normalized spacial score (nSPS) is 23.1. The Morgan fingerprint density at radius 1 is 1.42 bits per heavy atom. The summed E-state index contributed by atoms with van der Waals surface area (Å²) in [6, 6.07) is 4.12. The van der Waals surface area contributed by atoms with Crippen LogP contribution in [0.5, 0.6) is 0 Å². The summed E-state index contributed by atoms with van der Waals surface area (Å²) in [6.45, 7) is 3.44. The van der Waals surface area contributed by atoms with E-state index < -0.39 is 0 Å². The van der Waals surface area contributed by atoms with Crippen LogP contribution in [0.2, 0.25) is 0 Å². The topological polar surface area (TPSA) is 59.2 Å². The molecular formula is C15H23N3O. The molecule has 1 heterocycles. The van der Waals surface area contributed by atoms with E-state index in [1.54, 1.807) is 12.4 Å². The van der Waals surface area contributed by atoms with Gasteiger partial charge < -0.3 is 10.6 Å². The van der Waals surface area contributed by atoms with Gasteiger partial charge in [0.2, 0.25) is 5.91 Å². The summed E-state index contributed by atoms with van der Waals surface area (Å²) in [7, 11) is 0. The van der Waals surface area contributed by atoms with Crippen molar-refractivity contribution >= 4 is 5.91 Å². The Labute approximate surface area is 115 Å². The van der Waals surface area contributed by atoms with Gasteiger partial charge in [-0.15, -0.1) is 0 Å². The SMILES string of the molecule is CCN(Cc1ccncc1)C(=O)C1CCCC(N)C1. The van der Waals surface area contributed by atoms with Crippen LogP contribution in [0.4, 0.5) is 0 Å². The molecule has 1 amide bonds. The van der Waals surface area contributed by atoms with Crippen molar-refractivity contribution in [2.24, 2.45) is 11.7 Å². The summed E-state index contributed by atoms with van der Waals surface area (Å²) in [5.41, 5.74) is 7.11. The fourth-order valence-corrected chi connectivity index (χ4v) is 2.76. The third-order valence-corrected chi connectivity index (χ3v) is 3.88. The van der Waals surface area contributed by atoms with E-state index >= 15 is 0 Å². The van der Waals surface area contributed by atoms with Gasteiger partial charge in [-0.2, -0.15) is 0 Å². The molecule has 0 aliphatic heterocycles. The quantitative estimate of drug-likeness (QED) is 0.901. The van der Waals surface area contributed by atoms with Crippen molar-refractivity contribution in [2.45, 2.75) is 45.2 Å². The molecule has 104 valence electrons. The van der Waals surface area contributed by atoms with E-state index in [0.29, 0.717) is 6.54 Å². The van der Waals surface area contributed by atoms with Gasteiger partial charge in [-0.3, -0.25) is 9.78 Å². The highest BCUT2D eigenvalue weighted by atomic mass is 16.2. The minimum atomic E-state index is 0.116. The van der Waals surface area contributed by atoms with Gasteiger partial charge in [-0.25, -0.2) is 0 Å². The number of nitrogens with two attached hydrogens (primary N) is 1. The molecule has 1 aliphatic carbocycles. The second-order valence-electron chi connectivity index (χ2n) is 5.33. The molecule has 0 saturated heterocycles. The number of hydrogen-bond donors (Lipinski definition) is 1. The van der Waals surface area contributed by atoms with Crippen molar-refractivity contribution in [1.82, 2.24) is 9.88 Å². The van der Waals surface area contributed by atoms with Crippen LogP contribution in [0.1, 0.15) is 38.2 Å².